The van der Waals surface area contributed by atoms with Crippen LogP contribution in [-0.4, -0.2) is 52.4 Å². The molecule has 0 amide bonds. The van der Waals surface area contributed by atoms with E-state index < -0.39 is 60.3 Å². The van der Waals surface area contributed by atoms with Gasteiger partial charge in [-0.1, -0.05) is 54.6 Å². The molecule has 0 saturated carbocycles. The van der Waals surface area contributed by atoms with Gasteiger partial charge in [-0.3, -0.25) is 14.3 Å². The maximum Gasteiger partial charge on any atom is 0.338 e. The van der Waals surface area contributed by atoms with Crippen LogP contribution in [0.15, 0.2) is 113 Å². The number of esters is 3. The van der Waals surface area contributed by atoms with Crippen LogP contribution < -0.4 is 11.2 Å². The molecule has 208 valence electrons. The summed E-state index contributed by atoms with van der Waals surface area (Å²) in [6, 6.07) is 25.5. The number of carbonyl (C=O) groups is 3. The fourth-order valence-electron chi connectivity index (χ4n) is 4.31. The standard InChI is InChI=1S/C30H24N2O9/c33-23-16-17-32(30(37)31-23)26-25(41-29(36)21-14-8-3-9-15-21)24(40-28(35)20-12-6-2-7-13-20)22(39-26)18-38-27(34)19-10-4-1-5-11-19/h1-17,22,24-26H,18H2,(H,31,33,37)/t22-,24+,25-,26-/m0/s1. The molecule has 4 aromatic rings. The predicted octanol–water partition coefficient (Wildman–Crippen LogP) is 2.74. The Hall–Kier alpha value is -5.29. The van der Waals surface area contributed by atoms with Gasteiger partial charge in [-0.15, -0.1) is 0 Å². The third-order valence-electron chi connectivity index (χ3n) is 6.30. The minimum absolute atomic E-state index is 0.201. The monoisotopic (exact) mass is 556 g/mol. The van der Waals surface area contributed by atoms with Gasteiger partial charge in [0.25, 0.3) is 5.56 Å². The summed E-state index contributed by atoms with van der Waals surface area (Å²) in [6.45, 7) is -0.408. The number of carbonyl (C=O) groups excluding carboxylic acids is 3. The lowest BCUT2D eigenvalue weighted by molar-refractivity contribution is -0.0640. The molecule has 0 aliphatic carbocycles. The number of aromatic nitrogens is 2. The first-order valence-electron chi connectivity index (χ1n) is 12.6. The Morgan fingerprint density at radius 1 is 0.683 bits per heavy atom. The van der Waals surface area contributed by atoms with Crippen molar-refractivity contribution in [3.8, 4) is 0 Å². The normalized spacial score (nSPS) is 19.7. The summed E-state index contributed by atoms with van der Waals surface area (Å²) in [5, 5.41) is 0. The van der Waals surface area contributed by atoms with Crippen molar-refractivity contribution >= 4 is 17.9 Å². The van der Waals surface area contributed by atoms with Gasteiger partial charge in [0.15, 0.2) is 18.4 Å². The van der Waals surface area contributed by atoms with Gasteiger partial charge >= 0.3 is 23.6 Å². The van der Waals surface area contributed by atoms with Crippen LogP contribution in [-0.2, 0) is 18.9 Å². The van der Waals surface area contributed by atoms with E-state index in [1.165, 1.54) is 30.5 Å². The van der Waals surface area contributed by atoms with Crippen molar-refractivity contribution in [1.82, 2.24) is 9.55 Å². The molecule has 1 aliphatic rings. The minimum atomic E-state index is -1.38. The number of H-pyrrole nitrogens is 1. The highest BCUT2D eigenvalue weighted by Gasteiger charge is 2.51. The number of hydrogen-bond donors (Lipinski definition) is 1. The van der Waals surface area contributed by atoms with E-state index in [-0.39, 0.29) is 16.7 Å². The smallest absolute Gasteiger partial charge is 0.338 e. The highest BCUT2D eigenvalue weighted by Crippen LogP contribution is 2.34. The molecule has 41 heavy (non-hydrogen) atoms. The second-order valence-electron chi connectivity index (χ2n) is 9.02. The summed E-state index contributed by atoms with van der Waals surface area (Å²) >= 11 is 0. The van der Waals surface area contributed by atoms with E-state index in [1.54, 1.807) is 66.7 Å². The van der Waals surface area contributed by atoms with Crippen LogP contribution in [0.25, 0.3) is 0 Å². The van der Waals surface area contributed by atoms with Gasteiger partial charge < -0.3 is 18.9 Å². The van der Waals surface area contributed by atoms with Gasteiger partial charge in [0.05, 0.1) is 16.7 Å². The molecule has 1 saturated heterocycles. The van der Waals surface area contributed by atoms with Gasteiger partial charge in [-0.25, -0.2) is 19.2 Å². The fraction of sp³-hybridized carbons (Fsp3) is 0.167. The van der Waals surface area contributed by atoms with Crippen molar-refractivity contribution in [2.24, 2.45) is 0 Å². The van der Waals surface area contributed by atoms with Crippen LogP contribution in [0, 0.1) is 0 Å². The average molecular weight is 557 g/mol. The van der Waals surface area contributed by atoms with Crippen molar-refractivity contribution in [2.45, 2.75) is 24.5 Å². The Morgan fingerprint density at radius 3 is 1.68 bits per heavy atom. The lowest BCUT2D eigenvalue weighted by Crippen LogP contribution is -2.43. The van der Waals surface area contributed by atoms with E-state index in [0.29, 0.717) is 0 Å². The van der Waals surface area contributed by atoms with Gasteiger partial charge in [0, 0.05) is 12.3 Å². The number of benzene rings is 3. The lowest BCUT2D eigenvalue weighted by atomic mass is 10.1. The molecule has 11 nitrogen and oxygen atoms in total. The molecule has 1 aromatic heterocycles. The Bertz CT molecular complexity index is 1640. The first-order valence-corrected chi connectivity index (χ1v) is 12.6. The molecule has 0 spiro atoms. The predicted molar refractivity (Wildman–Crippen MR) is 143 cm³/mol. The highest BCUT2D eigenvalue weighted by atomic mass is 16.7. The zero-order chi connectivity index (χ0) is 28.8. The number of hydrogen-bond acceptors (Lipinski definition) is 9. The number of nitrogens with one attached hydrogen (secondary N) is 1. The van der Waals surface area contributed by atoms with Crippen LogP contribution in [0.2, 0.25) is 0 Å². The maximum absolute atomic E-state index is 13.1. The van der Waals surface area contributed by atoms with E-state index in [2.05, 4.69) is 4.98 Å². The summed E-state index contributed by atoms with van der Waals surface area (Å²) in [6.07, 6.45) is -4.03. The van der Waals surface area contributed by atoms with Crippen molar-refractivity contribution < 1.29 is 33.3 Å². The summed E-state index contributed by atoms with van der Waals surface area (Å²) in [4.78, 5) is 65.5. The molecule has 0 bridgehead atoms. The molecule has 1 N–H and O–H groups in total. The topological polar surface area (TPSA) is 143 Å². The van der Waals surface area contributed by atoms with Crippen LogP contribution >= 0.6 is 0 Å². The first kappa shape index (κ1) is 27.3. The van der Waals surface area contributed by atoms with Crippen molar-refractivity contribution in [2.75, 3.05) is 6.61 Å². The Balaban J connectivity index is 1.50. The van der Waals surface area contributed by atoms with E-state index in [0.717, 1.165) is 10.6 Å². The number of ether oxygens (including phenoxy) is 4. The fourth-order valence-corrected chi connectivity index (χ4v) is 4.31. The minimum Gasteiger partial charge on any atom is -0.459 e. The summed E-state index contributed by atoms with van der Waals surface area (Å²) in [5.74, 6) is -2.19. The van der Waals surface area contributed by atoms with Gasteiger partial charge in [-0.2, -0.15) is 0 Å². The van der Waals surface area contributed by atoms with Crippen LogP contribution in [0.1, 0.15) is 37.3 Å². The highest BCUT2D eigenvalue weighted by molar-refractivity contribution is 5.91. The first-order chi connectivity index (χ1) is 19.9. The van der Waals surface area contributed by atoms with E-state index in [1.807, 2.05) is 0 Å². The molecule has 0 radical (unpaired) electrons. The third-order valence-corrected chi connectivity index (χ3v) is 6.30. The molecule has 5 rings (SSSR count). The van der Waals surface area contributed by atoms with Crippen LogP contribution in [0.4, 0.5) is 0 Å². The van der Waals surface area contributed by atoms with E-state index >= 15 is 0 Å². The molecule has 3 aromatic carbocycles. The number of nitrogens with zero attached hydrogens (tertiary/aromatic N) is 1. The molecule has 2 heterocycles. The molecule has 11 heteroatoms. The zero-order valence-electron chi connectivity index (χ0n) is 21.5. The Morgan fingerprint density at radius 2 is 1.17 bits per heavy atom. The summed E-state index contributed by atoms with van der Waals surface area (Å²) in [7, 11) is 0. The van der Waals surface area contributed by atoms with Crippen molar-refractivity contribution in [3.05, 3.63) is 141 Å². The lowest BCUT2D eigenvalue weighted by Gasteiger charge is -2.25. The van der Waals surface area contributed by atoms with Crippen molar-refractivity contribution in [1.29, 1.82) is 0 Å². The second-order valence-corrected chi connectivity index (χ2v) is 9.02. The van der Waals surface area contributed by atoms with E-state index in [9.17, 15) is 24.0 Å². The average Bonchev–Trinajstić information content (AvgIpc) is 3.33. The molecule has 0 unspecified atom stereocenters. The quantitative estimate of drug-likeness (QED) is 0.256. The molecular formula is C30H24N2O9. The molecule has 1 fully saturated rings. The zero-order valence-corrected chi connectivity index (χ0v) is 21.5. The molecule has 4 atom stereocenters. The van der Waals surface area contributed by atoms with Gasteiger partial charge in [0.1, 0.15) is 12.7 Å². The summed E-state index contributed by atoms with van der Waals surface area (Å²) in [5.41, 5.74) is -0.804. The van der Waals surface area contributed by atoms with E-state index in [4.69, 9.17) is 18.9 Å². The summed E-state index contributed by atoms with van der Waals surface area (Å²) < 4.78 is 24.1. The van der Waals surface area contributed by atoms with Crippen molar-refractivity contribution in [3.63, 3.8) is 0 Å². The van der Waals surface area contributed by atoms with Crippen LogP contribution in [0.3, 0.4) is 0 Å². The molecule has 1 aliphatic heterocycles. The number of aromatic amines is 1. The Labute approximate surface area is 232 Å². The second kappa shape index (κ2) is 12.3. The largest absolute Gasteiger partial charge is 0.459 e. The number of rotatable bonds is 8. The Kier molecular flexibility index (Phi) is 8.16. The third kappa shape index (κ3) is 6.31. The van der Waals surface area contributed by atoms with Gasteiger partial charge in [0.2, 0.25) is 0 Å². The molecular weight excluding hydrogens is 532 g/mol. The van der Waals surface area contributed by atoms with Gasteiger partial charge in [-0.05, 0) is 36.4 Å². The van der Waals surface area contributed by atoms with Crippen LogP contribution in [0.5, 0.6) is 0 Å². The maximum atomic E-state index is 13.1. The SMILES string of the molecule is O=C(OC[C@@H]1O[C@H](n2ccc(=O)[nH]c2=O)[C@@H](OC(=O)c2ccccc2)[C@@H]1OC(=O)c1ccccc1)c1ccccc1.